The molecule has 1 aliphatic heterocycles. The van der Waals surface area contributed by atoms with Gasteiger partial charge in [0.1, 0.15) is 5.88 Å². The quantitative estimate of drug-likeness (QED) is 0.599. The standard InChI is InChI=1S/C10H18ClNO/c1-7-4-8(2)12(9(3)5-7)10(13)6-11/h7-9H,4-6H2,1-3H3/t7?,8-,9+. The van der Waals surface area contributed by atoms with Crippen molar-refractivity contribution in [1.29, 1.82) is 0 Å². The number of halogens is 1. The highest BCUT2D eigenvalue weighted by molar-refractivity contribution is 6.27. The predicted octanol–water partition coefficient (Wildman–Crippen LogP) is 2.26. The van der Waals surface area contributed by atoms with Crippen molar-refractivity contribution in [1.82, 2.24) is 4.90 Å². The van der Waals surface area contributed by atoms with Crippen molar-refractivity contribution in [3.63, 3.8) is 0 Å². The van der Waals surface area contributed by atoms with Gasteiger partial charge in [-0.3, -0.25) is 4.79 Å². The molecule has 1 aliphatic rings. The van der Waals surface area contributed by atoms with E-state index in [0.717, 1.165) is 18.8 Å². The molecule has 0 saturated carbocycles. The van der Waals surface area contributed by atoms with Gasteiger partial charge in [0.2, 0.25) is 5.91 Å². The van der Waals surface area contributed by atoms with Crippen LogP contribution in [0.4, 0.5) is 0 Å². The molecular formula is C10H18ClNO. The summed E-state index contributed by atoms with van der Waals surface area (Å²) in [7, 11) is 0. The lowest BCUT2D eigenvalue weighted by Crippen LogP contribution is -2.50. The molecule has 0 aliphatic carbocycles. The molecule has 76 valence electrons. The smallest absolute Gasteiger partial charge is 0.237 e. The average Bonchev–Trinajstić information content (AvgIpc) is 2.02. The monoisotopic (exact) mass is 203 g/mol. The zero-order chi connectivity index (χ0) is 10.0. The third-order valence-corrected chi connectivity index (χ3v) is 3.07. The second kappa shape index (κ2) is 4.32. The number of likely N-dealkylation sites (tertiary alicyclic amines) is 1. The Morgan fingerprint density at radius 2 is 1.77 bits per heavy atom. The van der Waals surface area contributed by atoms with Crippen molar-refractivity contribution in [2.45, 2.75) is 45.7 Å². The van der Waals surface area contributed by atoms with Gasteiger partial charge in [-0.2, -0.15) is 0 Å². The van der Waals surface area contributed by atoms with Crippen LogP contribution in [0.5, 0.6) is 0 Å². The third-order valence-electron chi connectivity index (χ3n) is 2.84. The summed E-state index contributed by atoms with van der Waals surface area (Å²) in [6.07, 6.45) is 2.21. The maximum absolute atomic E-state index is 11.5. The van der Waals surface area contributed by atoms with Gasteiger partial charge in [-0.1, -0.05) is 6.92 Å². The molecule has 0 N–H and O–H groups in total. The van der Waals surface area contributed by atoms with Crippen LogP contribution in [-0.4, -0.2) is 28.8 Å². The predicted molar refractivity (Wildman–Crippen MR) is 54.9 cm³/mol. The number of piperidine rings is 1. The summed E-state index contributed by atoms with van der Waals surface area (Å²) in [6, 6.07) is 0.704. The first-order valence-electron chi connectivity index (χ1n) is 4.93. The first kappa shape index (κ1) is 10.8. The molecule has 1 rings (SSSR count). The van der Waals surface area contributed by atoms with Crippen LogP contribution in [-0.2, 0) is 4.79 Å². The molecule has 3 atom stereocenters. The molecule has 3 heteroatoms. The molecule has 0 aromatic heterocycles. The van der Waals surface area contributed by atoms with Crippen molar-refractivity contribution < 1.29 is 4.79 Å². The molecule has 1 saturated heterocycles. The molecule has 2 nitrogen and oxygen atoms in total. The van der Waals surface area contributed by atoms with Gasteiger partial charge in [0.15, 0.2) is 0 Å². The maximum atomic E-state index is 11.5. The number of amides is 1. The van der Waals surface area contributed by atoms with E-state index < -0.39 is 0 Å². The van der Waals surface area contributed by atoms with Gasteiger partial charge in [-0.15, -0.1) is 11.6 Å². The van der Waals surface area contributed by atoms with E-state index in [1.54, 1.807) is 0 Å². The van der Waals surface area contributed by atoms with Crippen molar-refractivity contribution in [3.05, 3.63) is 0 Å². The topological polar surface area (TPSA) is 20.3 Å². The van der Waals surface area contributed by atoms with Crippen LogP contribution in [0.1, 0.15) is 33.6 Å². The molecule has 0 aromatic rings. The maximum Gasteiger partial charge on any atom is 0.237 e. The Morgan fingerprint density at radius 1 is 1.31 bits per heavy atom. The number of carbonyl (C=O) groups excluding carboxylic acids is 1. The lowest BCUT2D eigenvalue weighted by atomic mass is 9.88. The van der Waals surface area contributed by atoms with Crippen molar-refractivity contribution in [2.24, 2.45) is 5.92 Å². The number of hydrogen-bond acceptors (Lipinski definition) is 1. The van der Waals surface area contributed by atoms with Gasteiger partial charge in [-0.05, 0) is 32.6 Å². The highest BCUT2D eigenvalue weighted by Crippen LogP contribution is 2.27. The zero-order valence-corrected chi connectivity index (χ0v) is 9.34. The average molecular weight is 204 g/mol. The van der Waals surface area contributed by atoms with E-state index >= 15 is 0 Å². The second-order valence-corrected chi connectivity index (χ2v) is 4.48. The van der Waals surface area contributed by atoms with E-state index in [1.807, 2.05) is 4.90 Å². The fourth-order valence-electron chi connectivity index (χ4n) is 2.48. The minimum atomic E-state index is 0.0774. The Labute approximate surface area is 85.2 Å². The fourth-order valence-corrected chi connectivity index (χ4v) is 2.62. The Morgan fingerprint density at radius 3 is 2.15 bits per heavy atom. The molecule has 1 amide bonds. The molecule has 0 radical (unpaired) electrons. The van der Waals surface area contributed by atoms with Crippen molar-refractivity contribution in [3.8, 4) is 0 Å². The first-order chi connectivity index (χ1) is 6.06. The summed E-state index contributed by atoms with van der Waals surface area (Å²) in [5.74, 6) is 0.918. The Kier molecular flexibility index (Phi) is 3.60. The minimum Gasteiger partial charge on any atom is -0.336 e. The number of nitrogens with zero attached hydrogens (tertiary/aromatic N) is 1. The zero-order valence-electron chi connectivity index (χ0n) is 8.59. The molecule has 1 unspecified atom stereocenters. The minimum absolute atomic E-state index is 0.0774. The van der Waals surface area contributed by atoms with Crippen LogP contribution in [0.25, 0.3) is 0 Å². The Hall–Kier alpha value is -0.240. The van der Waals surface area contributed by atoms with Gasteiger partial charge >= 0.3 is 0 Å². The number of hydrogen-bond donors (Lipinski definition) is 0. The van der Waals surface area contributed by atoms with E-state index in [-0.39, 0.29) is 11.8 Å². The SMILES string of the molecule is CC1C[C@@H](C)N(C(=O)CCl)[C@@H](C)C1. The van der Waals surface area contributed by atoms with Crippen LogP contribution in [0.15, 0.2) is 0 Å². The van der Waals surface area contributed by atoms with Crippen molar-refractivity contribution in [2.75, 3.05) is 5.88 Å². The second-order valence-electron chi connectivity index (χ2n) is 4.21. The highest BCUT2D eigenvalue weighted by atomic mass is 35.5. The van der Waals surface area contributed by atoms with E-state index in [9.17, 15) is 4.79 Å². The lowest BCUT2D eigenvalue weighted by molar-refractivity contribution is -0.135. The molecule has 0 aromatic carbocycles. The van der Waals surface area contributed by atoms with E-state index in [4.69, 9.17) is 11.6 Å². The summed E-state index contributed by atoms with van der Waals surface area (Å²) in [5.41, 5.74) is 0. The molecule has 1 fully saturated rings. The van der Waals surface area contributed by atoms with Crippen LogP contribution >= 0.6 is 11.6 Å². The van der Waals surface area contributed by atoms with Crippen molar-refractivity contribution >= 4 is 17.5 Å². The summed E-state index contributed by atoms with van der Waals surface area (Å²) >= 11 is 5.56. The van der Waals surface area contributed by atoms with E-state index in [1.165, 1.54) is 0 Å². The molecule has 13 heavy (non-hydrogen) atoms. The van der Waals surface area contributed by atoms with Crippen LogP contribution in [0.2, 0.25) is 0 Å². The van der Waals surface area contributed by atoms with Gasteiger partial charge < -0.3 is 4.90 Å². The van der Waals surface area contributed by atoms with Gasteiger partial charge in [0.05, 0.1) is 0 Å². The van der Waals surface area contributed by atoms with E-state index in [0.29, 0.717) is 12.1 Å². The van der Waals surface area contributed by atoms with Crippen LogP contribution in [0, 0.1) is 5.92 Å². The highest BCUT2D eigenvalue weighted by Gasteiger charge is 2.31. The molecule has 0 bridgehead atoms. The van der Waals surface area contributed by atoms with Crippen LogP contribution < -0.4 is 0 Å². The Bertz CT molecular complexity index is 183. The number of alkyl halides is 1. The molecule has 0 spiro atoms. The largest absolute Gasteiger partial charge is 0.336 e. The van der Waals surface area contributed by atoms with Gasteiger partial charge in [0, 0.05) is 12.1 Å². The fraction of sp³-hybridized carbons (Fsp3) is 0.900. The summed E-state index contributed by atoms with van der Waals surface area (Å²) < 4.78 is 0. The third kappa shape index (κ3) is 2.37. The van der Waals surface area contributed by atoms with Gasteiger partial charge in [-0.25, -0.2) is 0 Å². The normalized spacial score (nSPS) is 34.8. The first-order valence-corrected chi connectivity index (χ1v) is 5.46. The molecular weight excluding hydrogens is 186 g/mol. The summed E-state index contributed by atoms with van der Waals surface area (Å²) in [4.78, 5) is 13.4. The van der Waals surface area contributed by atoms with Gasteiger partial charge in [0.25, 0.3) is 0 Å². The Balaban J connectivity index is 2.66. The lowest BCUT2D eigenvalue weighted by Gasteiger charge is -2.41. The van der Waals surface area contributed by atoms with E-state index in [2.05, 4.69) is 20.8 Å². The van der Waals surface area contributed by atoms with Crippen LogP contribution in [0.3, 0.4) is 0 Å². The number of carbonyl (C=O) groups is 1. The summed E-state index contributed by atoms with van der Waals surface area (Å²) in [5, 5.41) is 0. The number of rotatable bonds is 1. The molecule has 1 heterocycles. The summed E-state index contributed by atoms with van der Waals surface area (Å²) in [6.45, 7) is 6.46.